The first-order chi connectivity index (χ1) is 9.19. The zero-order chi connectivity index (χ0) is 15.3. The molecule has 0 saturated heterocycles. The number of phenols is 1. The molecule has 0 spiro atoms. The van der Waals surface area contributed by atoms with Gasteiger partial charge in [0.15, 0.2) is 0 Å². The number of aromatic hydroxyl groups is 1. The van der Waals surface area contributed by atoms with Gasteiger partial charge in [0.05, 0.1) is 0 Å². The molecule has 6 nitrogen and oxygen atoms in total. The van der Waals surface area contributed by atoms with Crippen molar-refractivity contribution in [3.63, 3.8) is 0 Å². The van der Waals surface area contributed by atoms with E-state index in [0.717, 1.165) is 0 Å². The van der Waals surface area contributed by atoms with E-state index in [-0.39, 0.29) is 12.3 Å². The summed E-state index contributed by atoms with van der Waals surface area (Å²) in [5.74, 6) is -0.00569. The van der Waals surface area contributed by atoms with Crippen LogP contribution >= 0.6 is 0 Å². The molecule has 2 atom stereocenters. The van der Waals surface area contributed by atoms with E-state index in [1.54, 1.807) is 32.9 Å². The molecule has 0 aliphatic rings. The van der Waals surface area contributed by atoms with Crippen LogP contribution in [0.4, 0.5) is 4.79 Å². The first kappa shape index (κ1) is 16.3. The van der Waals surface area contributed by atoms with Gasteiger partial charge in [-0.2, -0.15) is 0 Å². The number of hydrogen-bond donors (Lipinski definition) is 4. The number of carbonyl (C=O) groups is 1. The number of aliphatic hydroxyl groups is 2. The van der Waals surface area contributed by atoms with Crippen molar-refractivity contribution in [1.82, 2.24) is 5.32 Å². The van der Waals surface area contributed by atoms with Gasteiger partial charge in [-0.3, -0.25) is 0 Å². The summed E-state index contributed by atoms with van der Waals surface area (Å²) in [6, 6.07) is 5.94. The van der Waals surface area contributed by atoms with Crippen LogP contribution in [0.25, 0.3) is 0 Å². The van der Waals surface area contributed by atoms with Crippen LogP contribution in [0.2, 0.25) is 0 Å². The van der Waals surface area contributed by atoms with Gasteiger partial charge < -0.3 is 25.4 Å². The molecular weight excluding hydrogens is 262 g/mol. The molecule has 0 bridgehead atoms. The Kier molecular flexibility index (Phi) is 5.35. The average molecular weight is 283 g/mol. The first-order valence-electron chi connectivity index (χ1n) is 6.31. The fraction of sp³-hybridized carbons (Fsp3) is 0.500. The summed E-state index contributed by atoms with van der Waals surface area (Å²) in [4.78, 5) is 11.4. The van der Waals surface area contributed by atoms with Gasteiger partial charge in [0.25, 0.3) is 0 Å². The fourth-order valence-corrected chi connectivity index (χ4v) is 1.54. The SMILES string of the molecule is CC(C)(C)OC(=O)NCC(O)C(O)c1cccc(O)c1. The number of aliphatic hydroxyl groups excluding tert-OH is 2. The van der Waals surface area contributed by atoms with Crippen molar-refractivity contribution in [2.24, 2.45) is 0 Å². The lowest BCUT2D eigenvalue weighted by Crippen LogP contribution is -2.38. The number of alkyl carbamates (subject to hydrolysis) is 1. The maximum absolute atomic E-state index is 11.4. The highest BCUT2D eigenvalue weighted by Crippen LogP contribution is 2.20. The largest absolute Gasteiger partial charge is 0.508 e. The van der Waals surface area contributed by atoms with Crippen LogP contribution < -0.4 is 5.32 Å². The highest BCUT2D eigenvalue weighted by atomic mass is 16.6. The van der Waals surface area contributed by atoms with Crippen LogP contribution in [0, 0.1) is 0 Å². The van der Waals surface area contributed by atoms with Crippen LogP contribution in [0.3, 0.4) is 0 Å². The van der Waals surface area contributed by atoms with Gasteiger partial charge in [-0.25, -0.2) is 4.79 Å². The third-order valence-electron chi connectivity index (χ3n) is 2.43. The van der Waals surface area contributed by atoms with E-state index in [2.05, 4.69) is 5.32 Å². The number of ether oxygens (including phenoxy) is 1. The number of phenolic OH excluding ortho intramolecular Hbond substituents is 1. The van der Waals surface area contributed by atoms with Crippen molar-refractivity contribution in [1.29, 1.82) is 0 Å². The van der Waals surface area contributed by atoms with Crippen LogP contribution in [0.1, 0.15) is 32.4 Å². The van der Waals surface area contributed by atoms with Gasteiger partial charge in [-0.1, -0.05) is 12.1 Å². The van der Waals surface area contributed by atoms with E-state index >= 15 is 0 Å². The number of rotatable bonds is 4. The Labute approximate surface area is 118 Å². The van der Waals surface area contributed by atoms with E-state index < -0.39 is 23.9 Å². The topological polar surface area (TPSA) is 99.0 Å². The quantitative estimate of drug-likeness (QED) is 0.668. The molecule has 0 aliphatic heterocycles. The van der Waals surface area contributed by atoms with E-state index in [1.807, 2.05) is 0 Å². The Morgan fingerprint density at radius 2 is 2.00 bits per heavy atom. The first-order valence-corrected chi connectivity index (χ1v) is 6.31. The summed E-state index contributed by atoms with van der Waals surface area (Å²) >= 11 is 0. The second kappa shape index (κ2) is 6.58. The van der Waals surface area contributed by atoms with E-state index in [0.29, 0.717) is 5.56 Å². The molecule has 1 aromatic rings. The number of carbonyl (C=O) groups excluding carboxylic acids is 1. The molecule has 1 aromatic carbocycles. The lowest BCUT2D eigenvalue weighted by atomic mass is 10.0. The zero-order valence-electron chi connectivity index (χ0n) is 11.8. The van der Waals surface area contributed by atoms with Gasteiger partial charge in [0, 0.05) is 6.54 Å². The number of benzene rings is 1. The zero-order valence-corrected chi connectivity index (χ0v) is 11.8. The maximum Gasteiger partial charge on any atom is 0.407 e. The second-order valence-corrected chi connectivity index (χ2v) is 5.49. The Hall–Kier alpha value is -1.79. The van der Waals surface area contributed by atoms with Gasteiger partial charge in [-0.05, 0) is 38.5 Å². The summed E-state index contributed by atoms with van der Waals surface area (Å²) in [7, 11) is 0. The molecule has 2 unspecified atom stereocenters. The molecule has 0 aromatic heterocycles. The maximum atomic E-state index is 11.4. The Morgan fingerprint density at radius 3 is 2.55 bits per heavy atom. The van der Waals surface area contributed by atoms with Gasteiger partial charge in [-0.15, -0.1) is 0 Å². The average Bonchev–Trinajstić information content (AvgIpc) is 2.33. The summed E-state index contributed by atoms with van der Waals surface area (Å²) in [6.07, 6.45) is -3.08. The predicted octanol–water partition coefficient (Wildman–Crippen LogP) is 1.31. The highest BCUT2D eigenvalue weighted by molar-refractivity contribution is 5.67. The summed E-state index contributed by atoms with van der Waals surface area (Å²) in [5.41, 5.74) is -0.262. The lowest BCUT2D eigenvalue weighted by Gasteiger charge is -2.22. The standard InChI is InChI=1S/C14H21NO5/c1-14(2,3)20-13(19)15-8-11(17)12(18)9-5-4-6-10(16)7-9/h4-7,11-12,16-18H,8H2,1-3H3,(H,15,19). The predicted molar refractivity (Wildman–Crippen MR) is 73.3 cm³/mol. The molecule has 0 radical (unpaired) electrons. The van der Waals surface area contributed by atoms with Crippen molar-refractivity contribution >= 4 is 6.09 Å². The van der Waals surface area contributed by atoms with Crippen LogP contribution in [-0.4, -0.2) is 39.7 Å². The summed E-state index contributed by atoms with van der Waals surface area (Å²) < 4.78 is 5.01. The van der Waals surface area contributed by atoms with Crippen molar-refractivity contribution < 1.29 is 24.9 Å². The van der Waals surface area contributed by atoms with Gasteiger partial charge in [0.1, 0.15) is 23.6 Å². The second-order valence-electron chi connectivity index (χ2n) is 5.49. The molecule has 20 heavy (non-hydrogen) atoms. The Bertz CT molecular complexity index is 455. The Morgan fingerprint density at radius 1 is 1.35 bits per heavy atom. The molecular formula is C14H21NO5. The van der Waals surface area contributed by atoms with Crippen LogP contribution in [0.5, 0.6) is 5.75 Å². The summed E-state index contributed by atoms with van der Waals surface area (Å²) in [5, 5.41) is 31.4. The van der Waals surface area contributed by atoms with Crippen molar-refractivity contribution in [3.8, 4) is 5.75 Å². The Balaban J connectivity index is 2.50. The van der Waals surface area contributed by atoms with Crippen LogP contribution in [-0.2, 0) is 4.74 Å². The molecule has 0 aliphatic carbocycles. The van der Waals surface area contributed by atoms with E-state index in [4.69, 9.17) is 4.74 Å². The van der Waals surface area contributed by atoms with Gasteiger partial charge in [0.2, 0.25) is 0 Å². The molecule has 4 N–H and O–H groups in total. The number of nitrogens with one attached hydrogen (secondary N) is 1. The monoisotopic (exact) mass is 283 g/mol. The van der Waals surface area contributed by atoms with Gasteiger partial charge >= 0.3 is 6.09 Å². The normalized spacial score (nSPS) is 14.4. The smallest absolute Gasteiger partial charge is 0.407 e. The third-order valence-corrected chi connectivity index (χ3v) is 2.43. The number of amides is 1. The fourth-order valence-electron chi connectivity index (χ4n) is 1.54. The molecule has 0 heterocycles. The number of hydrogen-bond acceptors (Lipinski definition) is 5. The lowest BCUT2D eigenvalue weighted by molar-refractivity contribution is 0.0128. The molecule has 0 fully saturated rings. The van der Waals surface area contributed by atoms with Crippen molar-refractivity contribution in [2.75, 3.05) is 6.54 Å². The third kappa shape index (κ3) is 5.46. The van der Waals surface area contributed by atoms with E-state index in [1.165, 1.54) is 12.1 Å². The minimum absolute atomic E-state index is 0.00569. The molecule has 1 rings (SSSR count). The molecule has 0 saturated carbocycles. The minimum Gasteiger partial charge on any atom is -0.508 e. The molecule has 6 heteroatoms. The van der Waals surface area contributed by atoms with Crippen molar-refractivity contribution in [2.45, 2.75) is 38.6 Å². The highest BCUT2D eigenvalue weighted by Gasteiger charge is 2.21. The molecule has 1 amide bonds. The minimum atomic E-state index is -1.21. The van der Waals surface area contributed by atoms with E-state index in [9.17, 15) is 20.1 Å². The summed E-state index contributed by atoms with van der Waals surface area (Å²) in [6.45, 7) is 5.02. The van der Waals surface area contributed by atoms with Crippen molar-refractivity contribution in [3.05, 3.63) is 29.8 Å². The van der Waals surface area contributed by atoms with Crippen LogP contribution in [0.15, 0.2) is 24.3 Å². The molecule has 112 valence electrons.